The number of nitrogens with zero attached hydrogens (tertiary/aromatic N) is 1. The molecular weight excluding hydrogens is 233 g/mol. The SMILES string of the molecule is CN(CCCl)C(=O)Cc1cccc(Cl)c1. The topological polar surface area (TPSA) is 20.3 Å². The molecule has 0 heterocycles. The summed E-state index contributed by atoms with van der Waals surface area (Å²) in [5, 5.41) is 0.653. The first-order valence-electron chi connectivity index (χ1n) is 4.68. The fraction of sp³-hybridized carbons (Fsp3) is 0.364. The lowest BCUT2D eigenvalue weighted by atomic mass is 10.1. The Hall–Kier alpha value is -0.730. The van der Waals surface area contributed by atoms with Crippen molar-refractivity contribution < 1.29 is 4.79 Å². The summed E-state index contributed by atoms with van der Waals surface area (Å²) in [6.45, 7) is 0.570. The summed E-state index contributed by atoms with van der Waals surface area (Å²) in [6.07, 6.45) is 0.369. The number of hydrogen-bond donors (Lipinski definition) is 0. The third-order valence-corrected chi connectivity index (χ3v) is 2.49. The fourth-order valence-corrected chi connectivity index (χ4v) is 1.67. The van der Waals surface area contributed by atoms with Crippen LogP contribution in [-0.2, 0) is 11.2 Å². The maximum atomic E-state index is 11.6. The summed E-state index contributed by atoms with van der Waals surface area (Å²) >= 11 is 11.4. The normalized spacial score (nSPS) is 10.1. The molecular formula is C11H13Cl2NO. The molecule has 0 saturated heterocycles. The lowest BCUT2D eigenvalue weighted by Crippen LogP contribution is -2.29. The van der Waals surface area contributed by atoms with E-state index < -0.39 is 0 Å². The van der Waals surface area contributed by atoms with Crippen molar-refractivity contribution in [2.24, 2.45) is 0 Å². The van der Waals surface area contributed by atoms with Gasteiger partial charge >= 0.3 is 0 Å². The summed E-state index contributed by atoms with van der Waals surface area (Å²) < 4.78 is 0. The largest absolute Gasteiger partial charge is 0.344 e. The predicted molar refractivity (Wildman–Crippen MR) is 63.5 cm³/mol. The molecule has 0 aliphatic heterocycles. The number of benzene rings is 1. The van der Waals surface area contributed by atoms with Crippen molar-refractivity contribution >= 4 is 29.1 Å². The zero-order chi connectivity index (χ0) is 11.3. The Morgan fingerprint density at radius 2 is 2.20 bits per heavy atom. The van der Waals surface area contributed by atoms with E-state index in [1.54, 1.807) is 24.1 Å². The zero-order valence-corrected chi connectivity index (χ0v) is 10.1. The first-order chi connectivity index (χ1) is 7.13. The second-order valence-electron chi connectivity index (χ2n) is 3.31. The number of hydrogen-bond acceptors (Lipinski definition) is 1. The van der Waals surface area contributed by atoms with E-state index in [-0.39, 0.29) is 5.91 Å². The molecule has 0 aromatic heterocycles. The Bertz CT molecular complexity index is 341. The highest BCUT2D eigenvalue weighted by atomic mass is 35.5. The second kappa shape index (κ2) is 5.99. The predicted octanol–water partition coefficient (Wildman–Crippen LogP) is 2.58. The number of rotatable bonds is 4. The van der Waals surface area contributed by atoms with Gasteiger partial charge < -0.3 is 4.90 Å². The Morgan fingerprint density at radius 3 is 2.80 bits per heavy atom. The lowest BCUT2D eigenvalue weighted by molar-refractivity contribution is -0.128. The van der Waals surface area contributed by atoms with Gasteiger partial charge in [-0.2, -0.15) is 0 Å². The van der Waals surface area contributed by atoms with Crippen molar-refractivity contribution in [2.45, 2.75) is 6.42 Å². The Kier molecular flexibility index (Phi) is 4.92. The average molecular weight is 246 g/mol. The molecule has 1 amide bonds. The van der Waals surface area contributed by atoms with Gasteiger partial charge in [-0.1, -0.05) is 23.7 Å². The molecule has 0 spiro atoms. The molecule has 82 valence electrons. The van der Waals surface area contributed by atoms with E-state index in [0.29, 0.717) is 23.9 Å². The van der Waals surface area contributed by atoms with E-state index in [0.717, 1.165) is 5.56 Å². The molecule has 0 saturated carbocycles. The molecule has 1 aromatic rings. The van der Waals surface area contributed by atoms with E-state index in [9.17, 15) is 4.79 Å². The van der Waals surface area contributed by atoms with Gasteiger partial charge in [-0.05, 0) is 17.7 Å². The third kappa shape index (κ3) is 4.10. The monoisotopic (exact) mass is 245 g/mol. The van der Waals surface area contributed by atoms with Crippen LogP contribution in [-0.4, -0.2) is 30.3 Å². The quantitative estimate of drug-likeness (QED) is 0.748. The molecule has 0 radical (unpaired) electrons. The highest BCUT2D eigenvalue weighted by Gasteiger charge is 2.08. The van der Waals surface area contributed by atoms with Crippen LogP contribution in [0.5, 0.6) is 0 Å². The molecule has 1 aromatic carbocycles. The molecule has 0 aliphatic rings. The molecule has 1 rings (SSSR count). The summed E-state index contributed by atoms with van der Waals surface area (Å²) in [6, 6.07) is 7.32. The lowest BCUT2D eigenvalue weighted by Gasteiger charge is -2.15. The highest BCUT2D eigenvalue weighted by molar-refractivity contribution is 6.30. The van der Waals surface area contributed by atoms with Crippen LogP contribution in [0.4, 0.5) is 0 Å². The van der Waals surface area contributed by atoms with Crippen LogP contribution in [0.25, 0.3) is 0 Å². The number of halogens is 2. The summed E-state index contributed by atoms with van der Waals surface area (Å²) in [4.78, 5) is 13.3. The van der Waals surface area contributed by atoms with Crippen LogP contribution in [0, 0.1) is 0 Å². The zero-order valence-electron chi connectivity index (χ0n) is 8.54. The summed E-state index contributed by atoms with van der Waals surface area (Å²) in [5.41, 5.74) is 0.925. The van der Waals surface area contributed by atoms with Gasteiger partial charge in [0.15, 0.2) is 0 Å². The van der Waals surface area contributed by atoms with Gasteiger partial charge in [0.2, 0.25) is 5.91 Å². The van der Waals surface area contributed by atoms with Crippen molar-refractivity contribution in [1.29, 1.82) is 0 Å². The number of likely N-dealkylation sites (N-methyl/N-ethyl adjacent to an activating group) is 1. The van der Waals surface area contributed by atoms with Crippen LogP contribution < -0.4 is 0 Å². The van der Waals surface area contributed by atoms with Crippen LogP contribution >= 0.6 is 23.2 Å². The minimum absolute atomic E-state index is 0.0536. The Balaban J connectivity index is 2.58. The Morgan fingerprint density at radius 1 is 1.47 bits per heavy atom. The number of carbonyl (C=O) groups is 1. The van der Waals surface area contributed by atoms with E-state index in [2.05, 4.69) is 0 Å². The smallest absolute Gasteiger partial charge is 0.226 e. The second-order valence-corrected chi connectivity index (χ2v) is 4.13. The summed E-state index contributed by atoms with van der Waals surface area (Å²) in [5.74, 6) is 0.510. The minimum atomic E-state index is 0.0536. The van der Waals surface area contributed by atoms with E-state index in [1.807, 2.05) is 12.1 Å². The third-order valence-electron chi connectivity index (χ3n) is 2.09. The van der Waals surface area contributed by atoms with Gasteiger partial charge in [0.25, 0.3) is 0 Å². The van der Waals surface area contributed by atoms with Crippen molar-refractivity contribution in [1.82, 2.24) is 4.90 Å². The van der Waals surface area contributed by atoms with Crippen LogP contribution in [0.1, 0.15) is 5.56 Å². The molecule has 2 nitrogen and oxygen atoms in total. The Labute approximate surface area is 99.8 Å². The van der Waals surface area contributed by atoms with Crippen LogP contribution in [0.2, 0.25) is 5.02 Å². The maximum Gasteiger partial charge on any atom is 0.226 e. The molecule has 0 unspecified atom stereocenters. The van der Waals surface area contributed by atoms with E-state index in [1.165, 1.54) is 0 Å². The van der Waals surface area contributed by atoms with Crippen molar-refractivity contribution in [3.05, 3.63) is 34.9 Å². The molecule has 0 bridgehead atoms. The van der Waals surface area contributed by atoms with Gasteiger partial charge in [-0.3, -0.25) is 4.79 Å². The first-order valence-corrected chi connectivity index (χ1v) is 5.59. The van der Waals surface area contributed by atoms with Crippen molar-refractivity contribution in [3.8, 4) is 0 Å². The molecule has 15 heavy (non-hydrogen) atoms. The first kappa shape index (κ1) is 12.3. The minimum Gasteiger partial charge on any atom is -0.344 e. The standard InChI is InChI=1S/C11H13Cl2NO/c1-14(6-5-12)11(15)8-9-3-2-4-10(13)7-9/h2-4,7H,5-6,8H2,1H3. The fourth-order valence-electron chi connectivity index (χ4n) is 1.21. The van der Waals surface area contributed by atoms with E-state index >= 15 is 0 Å². The number of carbonyl (C=O) groups excluding carboxylic acids is 1. The summed E-state index contributed by atoms with van der Waals surface area (Å²) in [7, 11) is 1.75. The van der Waals surface area contributed by atoms with Crippen LogP contribution in [0.15, 0.2) is 24.3 Å². The highest BCUT2D eigenvalue weighted by Crippen LogP contribution is 2.11. The van der Waals surface area contributed by atoms with Gasteiger partial charge in [0, 0.05) is 24.5 Å². The average Bonchev–Trinajstić information content (AvgIpc) is 2.18. The molecule has 0 atom stereocenters. The van der Waals surface area contributed by atoms with Gasteiger partial charge in [0.05, 0.1) is 6.42 Å². The molecule has 0 fully saturated rings. The number of amides is 1. The van der Waals surface area contributed by atoms with Gasteiger partial charge in [0.1, 0.15) is 0 Å². The molecule has 0 aliphatic carbocycles. The molecule has 0 N–H and O–H groups in total. The number of alkyl halides is 1. The van der Waals surface area contributed by atoms with Gasteiger partial charge in [-0.25, -0.2) is 0 Å². The molecule has 4 heteroatoms. The van der Waals surface area contributed by atoms with Crippen molar-refractivity contribution in [2.75, 3.05) is 19.5 Å². The van der Waals surface area contributed by atoms with Gasteiger partial charge in [-0.15, -0.1) is 11.6 Å². The van der Waals surface area contributed by atoms with Crippen LogP contribution in [0.3, 0.4) is 0 Å². The maximum absolute atomic E-state index is 11.6. The van der Waals surface area contributed by atoms with E-state index in [4.69, 9.17) is 23.2 Å². The van der Waals surface area contributed by atoms with Crippen molar-refractivity contribution in [3.63, 3.8) is 0 Å².